The van der Waals surface area contributed by atoms with Crippen LogP contribution in [0.4, 0.5) is 0 Å². The highest BCUT2D eigenvalue weighted by atomic mass is 35.5. The van der Waals surface area contributed by atoms with Gasteiger partial charge in [-0.2, -0.15) is 5.10 Å². The summed E-state index contributed by atoms with van der Waals surface area (Å²) in [6.07, 6.45) is 0. The molecule has 0 saturated carbocycles. The monoisotopic (exact) mass is 244 g/mol. The molecule has 0 amide bonds. The van der Waals surface area contributed by atoms with Gasteiger partial charge in [-0.15, -0.1) is 12.4 Å². The van der Waals surface area contributed by atoms with Gasteiger partial charge in [-0.1, -0.05) is 30.3 Å². The highest BCUT2D eigenvalue weighted by molar-refractivity contribution is 7.80. The molecule has 0 bridgehead atoms. The Labute approximate surface area is 100 Å². The highest BCUT2D eigenvalue weighted by Crippen LogP contribution is 1.99. The van der Waals surface area contributed by atoms with E-state index in [0.29, 0.717) is 6.54 Å². The smallest absolute Gasteiger partial charge is 0.184 e. The van der Waals surface area contributed by atoms with Gasteiger partial charge in [0.05, 0.1) is 5.71 Å². The summed E-state index contributed by atoms with van der Waals surface area (Å²) >= 11 is 4.63. The zero-order valence-corrected chi connectivity index (χ0v) is 9.65. The van der Waals surface area contributed by atoms with E-state index >= 15 is 0 Å². The maximum absolute atomic E-state index is 5.54. The van der Waals surface area contributed by atoms with Crippen LogP contribution in [0.1, 0.15) is 5.56 Å². The minimum atomic E-state index is 0. The number of rotatable bonds is 3. The third kappa shape index (κ3) is 4.73. The van der Waals surface area contributed by atoms with Crippen molar-refractivity contribution in [1.29, 1.82) is 0 Å². The Morgan fingerprint density at radius 1 is 1.33 bits per heavy atom. The lowest BCUT2D eigenvalue weighted by molar-refractivity contribution is 1.02. The number of hydrogen-bond acceptors (Lipinski definition) is 3. The summed E-state index contributed by atoms with van der Waals surface area (Å²) in [5.41, 5.74) is 15.0. The average Bonchev–Trinajstić information content (AvgIpc) is 2.20. The number of nitrogens with one attached hydrogen (secondary N) is 1. The van der Waals surface area contributed by atoms with Crippen molar-refractivity contribution in [1.82, 2.24) is 5.43 Å². The van der Waals surface area contributed by atoms with E-state index in [1.54, 1.807) is 0 Å². The molecule has 0 heterocycles. The van der Waals surface area contributed by atoms with Crippen molar-refractivity contribution in [3.05, 3.63) is 35.9 Å². The molecule has 1 aromatic rings. The van der Waals surface area contributed by atoms with E-state index in [-0.39, 0.29) is 17.5 Å². The fourth-order valence-electron chi connectivity index (χ4n) is 0.981. The van der Waals surface area contributed by atoms with E-state index in [1.807, 2.05) is 30.3 Å². The van der Waals surface area contributed by atoms with Gasteiger partial charge in [0.2, 0.25) is 0 Å². The molecule has 0 aromatic heterocycles. The molecule has 82 valence electrons. The standard InChI is InChI=1S/C9H12N4S.ClH/c10-6-8(12-13-9(11)14)7-4-2-1-3-5-7;/h1-5H,6,10H2,(H3,11,13,14);1H/b12-8+;. The highest BCUT2D eigenvalue weighted by Gasteiger charge is 1.99. The van der Waals surface area contributed by atoms with Gasteiger partial charge in [-0.3, -0.25) is 5.43 Å². The number of nitrogens with two attached hydrogens (primary N) is 2. The molecule has 1 rings (SSSR count). The Hall–Kier alpha value is -1.17. The summed E-state index contributed by atoms with van der Waals surface area (Å²) in [6.45, 7) is 0.333. The summed E-state index contributed by atoms with van der Waals surface area (Å²) < 4.78 is 0. The van der Waals surface area contributed by atoms with Crippen LogP contribution in [0.2, 0.25) is 0 Å². The van der Waals surface area contributed by atoms with E-state index in [0.717, 1.165) is 11.3 Å². The third-order valence-corrected chi connectivity index (χ3v) is 1.69. The molecule has 0 spiro atoms. The summed E-state index contributed by atoms with van der Waals surface area (Å²) in [5, 5.41) is 4.12. The zero-order valence-electron chi connectivity index (χ0n) is 8.01. The second-order valence-electron chi connectivity index (χ2n) is 2.60. The van der Waals surface area contributed by atoms with Crippen LogP contribution in [0, 0.1) is 0 Å². The molecule has 0 saturated heterocycles. The number of thiocarbonyl (C=S) groups is 1. The fourth-order valence-corrected chi connectivity index (χ4v) is 1.03. The maximum atomic E-state index is 5.54. The number of nitrogens with zero attached hydrogens (tertiary/aromatic N) is 1. The second-order valence-corrected chi connectivity index (χ2v) is 3.04. The van der Waals surface area contributed by atoms with Crippen LogP contribution in [0.15, 0.2) is 35.4 Å². The van der Waals surface area contributed by atoms with E-state index in [4.69, 9.17) is 11.5 Å². The predicted octanol–water partition coefficient (Wildman–Crippen LogP) is 0.604. The normalized spacial score (nSPS) is 10.3. The lowest BCUT2D eigenvalue weighted by atomic mass is 10.1. The van der Waals surface area contributed by atoms with Gasteiger partial charge in [0.25, 0.3) is 0 Å². The summed E-state index contributed by atoms with van der Waals surface area (Å²) in [4.78, 5) is 0. The van der Waals surface area contributed by atoms with Crippen LogP contribution in [-0.2, 0) is 0 Å². The lowest BCUT2D eigenvalue weighted by Gasteiger charge is -2.03. The summed E-state index contributed by atoms with van der Waals surface area (Å²) in [6, 6.07) is 9.61. The molecule has 6 heteroatoms. The van der Waals surface area contributed by atoms with Crippen LogP contribution in [-0.4, -0.2) is 17.4 Å². The van der Waals surface area contributed by atoms with E-state index < -0.39 is 0 Å². The molecule has 0 aliphatic rings. The van der Waals surface area contributed by atoms with Crippen LogP contribution < -0.4 is 16.9 Å². The first-order valence-corrected chi connectivity index (χ1v) is 4.52. The van der Waals surface area contributed by atoms with Crippen molar-refractivity contribution in [3.8, 4) is 0 Å². The Kier molecular flexibility index (Phi) is 6.61. The first-order chi connectivity index (χ1) is 6.74. The molecule has 1 aromatic carbocycles. The van der Waals surface area contributed by atoms with E-state index in [9.17, 15) is 0 Å². The summed E-state index contributed by atoms with van der Waals surface area (Å²) in [5.74, 6) is 0. The summed E-state index contributed by atoms with van der Waals surface area (Å²) in [7, 11) is 0. The molecular formula is C9H13ClN4S. The van der Waals surface area contributed by atoms with E-state index in [2.05, 4.69) is 22.7 Å². The maximum Gasteiger partial charge on any atom is 0.184 e. The van der Waals surface area contributed by atoms with Crippen LogP contribution >= 0.6 is 24.6 Å². The molecular weight excluding hydrogens is 232 g/mol. The van der Waals surface area contributed by atoms with Gasteiger partial charge in [0.1, 0.15) is 0 Å². The topological polar surface area (TPSA) is 76.4 Å². The van der Waals surface area contributed by atoms with Gasteiger partial charge < -0.3 is 11.5 Å². The molecule has 5 N–H and O–H groups in total. The minimum Gasteiger partial charge on any atom is -0.375 e. The molecule has 0 fully saturated rings. The van der Waals surface area contributed by atoms with Gasteiger partial charge >= 0.3 is 0 Å². The fraction of sp³-hybridized carbons (Fsp3) is 0.111. The van der Waals surface area contributed by atoms with E-state index in [1.165, 1.54) is 0 Å². The van der Waals surface area contributed by atoms with Crippen molar-refractivity contribution in [2.45, 2.75) is 0 Å². The van der Waals surface area contributed by atoms with Gasteiger partial charge in [-0.05, 0) is 17.8 Å². The molecule has 15 heavy (non-hydrogen) atoms. The Balaban J connectivity index is 0.00000196. The van der Waals surface area contributed by atoms with Crippen molar-refractivity contribution >= 4 is 35.4 Å². The Bertz CT molecular complexity index is 339. The second kappa shape index (κ2) is 7.17. The Morgan fingerprint density at radius 2 is 1.93 bits per heavy atom. The zero-order chi connectivity index (χ0) is 10.4. The SMILES string of the molecule is Cl.NC/C(=N\NC(N)=S)c1ccccc1. The number of hydrogen-bond donors (Lipinski definition) is 3. The number of benzene rings is 1. The lowest BCUT2D eigenvalue weighted by Crippen LogP contribution is -2.27. The molecule has 4 nitrogen and oxygen atoms in total. The van der Waals surface area contributed by atoms with Gasteiger partial charge in [-0.25, -0.2) is 0 Å². The predicted molar refractivity (Wildman–Crippen MR) is 69.2 cm³/mol. The van der Waals surface area contributed by atoms with Crippen LogP contribution in [0.5, 0.6) is 0 Å². The average molecular weight is 245 g/mol. The van der Waals surface area contributed by atoms with Gasteiger partial charge in [0.15, 0.2) is 5.11 Å². The Morgan fingerprint density at radius 3 is 2.40 bits per heavy atom. The van der Waals surface area contributed by atoms with Crippen molar-refractivity contribution in [2.75, 3.05) is 6.54 Å². The van der Waals surface area contributed by atoms with Crippen molar-refractivity contribution in [2.24, 2.45) is 16.6 Å². The van der Waals surface area contributed by atoms with Crippen LogP contribution in [0.3, 0.4) is 0 Å². The van der Waals surface area contributed by atoms with Crippen molar-refractivity contribution in [3.63, 3.8) is 0 Å². The molecule has 0 atom stereocenters. The van der Waals surface area contributed by atoms with Crippen molar-refractivity contribution < 1.29 is 0 Å². The largest absolute Gasteiger partial charge is 0.375 e. The number of halogens is 1. The minimum absolute atomic E-state index is 0. The molecule has 0 aliphatic heterocycles. The van der Waals surface area contributed by atoms with Gasteiger partial charge in [0, 0.05) is 6.54 Å². The van der Waals surface area contributed by atoms with Crippen LogP contribution in [0.25, 0.3) is 0 Å². The first-order valence-electron chi connectivity index (χ1n) is 4.11. The third-order valence-electron chi connectivity index (χ3n) is 1.60. The quantitative estimate of drug-likeness (QED) is 0.414. The first kappa shape index (κ1) is 13.8. The molecule has 0 radical (unpaired) electrons. The molecule has 0 aliphatic carbocycles. The number of hydrazone groups is 1. The molecule has 0 unspecified atom stereocenters.